The number of benzene rings is 2. The molecule has 4 heteroatoms. The lowest BCUT2D eigenvalue weighted by molar-refractivity contribution is 0.242. The minimum atomic E-state index is -0.308. The highest BCUT2D eigenvalue weighted by Gasteiger charge is 2.02. The lowest BCUT2D eigenvalue weighted by atomic mass is 10.2. The predicted octanol–water partition coefficient (Wildman–Crippen LogP) is 4.88. The van der Waals surface area contributed by atoms with Crippen LogP contribution in [0.3, 0.4) is 0 Å². The summed E-state index contributed by atoms with van der Waals surface area (Å²) in [5.74, 6) is 0.533. The van der Waals surface area contributed by atoms with E-state index in [1.54, 1.807) is 6.07 Å². The van der Waals surface area contributed by atoms with Gasteiger partial charge in [0, 0.05) is 6.54 Å². The van der Waals surface area contributed by atoms with Crippen molar-refractivity contribution in [2.24, 2.45) is 0 Å². The predicted molar refractivity (Wildman–Crippen MR) is 80.9 cm³/mol. The standard InChI is InChI=1S/C16H17ClFNO/c1-11(2)20-14-6-3-12(4-7-14)10-19-16-9-13(18)5-8-15(16)17/h3-9,11,19H,10H2,1-2H3. The van der Waals surface area contributed by atoms with Crippen molar-refractivity contribution in [3.8, 4) is 5.75 Å². The molecule has 0 aromatic heterocycles. The first-order valence-electron chi connectivity index (χ1n) is 6.49. The summed E-state index contributed by atoms with van der Waals surface area (Å²) >= 11 is 6.00. The normalized spacial score (nSPS) is 10.7. The summed E-state index contributed by atoms with van der Waals surface area (Å²) in [7, 11) is 0. The second-order valence-corrected chi connectivity index (χ2v) is 5.20. The maximum Gasteiger partial charge on any atom is 0.125 e. The smallest absolute Gasteiger partial charge is 0.125 e. The summed E-state index contributed by atoms with van der Waals surface area (Å²) in [4.78, 5) is 0. The monoisotopic (exact) mass is 293 g/mol. The molecule has 0 radical (unpaired) electrons. The highest BCUT2D eigenvalue weighted by molar-refractivity contribution is 6.33. The first kappa shape index (κ1) is 14.7. The third-order valence-electron chi connectivity index (χ3n) is 2.71. The summed E-state index contributed by atoms with van der Waals surface area (Å²) in [5, 5.41) is 3.62. The lowest BCUT2D eigenvalue weighted by Crippen LogP contribution is -2.05. The van der Waals surface area contributed by atoms with Gasteiger partial charge in [0.2, 0.25) is 0 Å². The zero-order valence-electron chi connectivity index (χ0n) is 11.5. The van der Waals surface area contributed by atoms with E-state index in [4.69, 9.17) is 16.3 Å². The molecule has 0 fully saturated rings. The Morgan fingerprint density at radius 2 is 1.85 bits per heavy atom. The van der Waals surface area contributed by atoms with Gasteiger partial charge < -0.3 is 10.1 Å². The molecule has 2 aromatic rings. The summed E-state index contributed by atoms with van der Waals surface area (Å²) in [6.07, 6.45) is 0.157. The number of nitrogens with one attached hydrogen (secondary N) is 1. The number of hydrogen-bond acceptors (Lipinski definition) is 2. The topological polar surface area (TPSA) is 21.3 Å². The van der Waals surface area contributed by atoms with E-state index in [9.17, 15) is 4.39 Å². The van der Waals surface area contributed by atoms with Crippen LogP contribution in [0.15, 0.2) is 42.5 Å². The van der Waals surface area contributed by atoms with Crippen molar-refractivity contribution in [1.29, 1.82) is 0 Å². The number of halogens is 2. The molecule has 0 aliphatic rings. The Labute approximate surface area is 123 Å². The molecule has 0 heterocycles. The first-order chi connectivity index (χ1) is 9.54. The second kappa shape index (κ2) is 6.62. The highest BCUT2D eigenvalue weighted by Crippen LogP contribution is 2.23. The SMILES string of the molecule is CC(C)Oc1ccc(CNc2cc(F)ccc2Cl)cc1. The Morgan fingerprint density at radius 1 is 1.15 bits per heavy atom. The van der Waals surface area contributed by atoms with Gasteiger partial charge in [-0.3, -0.25) is 0 Å². The molecule has 0 saturated carbocycles. The Bertz CT molecular complexity index is 569. The molecule has 2 nitrogen and oxygen atoms in total. The molecule has 2 rings (SSSR count). The molecule has 0 saturated heterocycles. The summed E-state index contributed by atoms with van der Waals surface area (Å²) in [6, 6.07) is 12.0. The van der Waals surface area contributed by atoms with Gasteiger partial charge in [-0.1, -0.05) is 23.7 Å². The molecule has 20 heavy (non-hydrogen) atoms. The van der Waals surface area contributed by atoms with Crippen molar-refractivity contribution < 1.29 is 9.13 Å². The van der Waals surface area contributed by atoms with Crippen molar-refractivity contribution in [1.82, 2.24) is 0 Å². The van der Waals surface area contributed by atoms with Crippen LogP contribution in [0.2, 0.25) is 5.02 Å². The van der Waals surface area contributed by atoms with E-state index in [0.29, 0.717) is 17.3 Å². The number of hydrogen-bond donors (Lipinski definition) is 1. The van der Waals surface area contributed by atoms with E-state index >= 15 is 0 Å². The van der Waals surface area contributed by atoms with Crippen molar-refractivity contribution in [3.05, 3.63) is 58.9 Å². The van der Waals surface area contributed by atoms with Crippen LogP contribution in [-0.2, 0) is 6.54 Å². The van der Waals surface area contributed by atoms with Crippen LogP contribution < -0.4 is 10.1 Å². The largest absolute Gasteiger partial charge is 0.491 e. The van der Waals surface area contributed by atoms with Gasteiger partial charge in [-0.25, -0.2) is 4.39 Å². The van der Waals surface area contributed by atoms with E-state index in [1.807, 2.05) is 38.1 Å². The van der Waals surface area contributed by atoms with Crippen LogP contribution >= 0.6 is 11.6 Å². The molecule has 0 aliphatic heterocycles. The molecule has 0 amide bonds. The minimum Gasteiger partial charge on any atom is -0.491 e. The summed E-state index contributed by atoms with van der Waals surface area (Å²) < 4.78 is 18.7. The molecule has 106 valence electrons. The Kier molecular flexibility index (Phi) is 4.85. The molecule has 0 aliphatic carbocycles. The van der Waals surface area contributed by atoms with E-state index in [2.05, 4.69) is 5.32 Å². The van der Waals surface area contributed by atoms with Crippen LogP contribution in [0.4, 0.5) is 10.1 Å². The van der Waals surface area contributed by atoms with E-state index in [1.165, 1.54) is 12.1 Å². The molecular formula is C16H17ClFNO. The third kappa shape index (κ3) is 4.14. The Hall–Kier alpha value is -1.74. The van der Waals surface area contributed by atoms with Gasteiger partial charge in [-0.05, 0) is 49.7 Å². The first-order valence-corrected chi connectivity index (χ1v) is 6.87. The van der Waals surface area contributed by atoms with Gasteiger partial charge in [0.1, 0.15) is 11.6 Å². The van der Waals surface area contributed by atoms with E-state index in [0.717, 1.165) is 11.3 Å². The van der Waals surface area contributed by atoms with E-state index < -0.39 is 0 Å². The van der Waals surface area contributed by atoms with Gasteiger partial charge in [0.25, 0.3) is 0 Å². The number of ether oxygens (including phenoxy) is 1. The number of anilines is 1. The second-order valence-electron chi connectivity index (χ2n) is 4.79. The summed E-state index contributed by atoms with van der Waals surface area (Å²) in [6.45, 7) is 4.55. The molecule has 1 N–H and O–H groups in total. The quantitative estimate of drug-likeness (QED) is 0.848. The highest BCUT2D eigenvalue weighted by atomic mass is 35.5. The van der Waals surface area contributed by atoms with Crippen molar-refractivity contribution in [2.75, 3.05) is 5.32 Å². The van der Waals surface area contributed by atoms with Crippen LogP contribution in [0.25, 0.3) is 0 Å². The molecule has 0 unspecified atom stereocenters. The van der Waals surface area contributed by atoms with Gasteiger partial charge in [0.05, 0.1) is 16.8 Å². The average Bonchev–Trinajstić information content (AvgIpc) is 2.41. The van der Waals surface area contributed by atoms with Crippen molar-refractivity contribution >= 4 is 17.3 Å². The fourth-order valence-electron chi connectivity index (χ4n) is 1.79. The van der Waals surface area contributed by atoms with Crippen LogP contribution in [0, 0.1) is 5.82 Å². The maximum atomic E-state index is 13.1. The van der Waals surface area contributed by atoms with Crippen molar-refractivity contribution in [3.63, 3.8) is 0 Å². The zero-order valence-corrected chi connectivity index (χ0v) is 12.2. The third-order valence-corrected chi connectivity index (χ3v) is 3.04. The molecule has 0 spiro atoms. The van der Waals surface area contributed by atoms with E-state index in [-0.39, 0.29) is 11.9 Å². The average molecular weight is 294 g/mol. The fraction of sp³-hybridized carbons (Fsp3) is 0.250. The summed E-state index contributed by atoms with van der Waals surface area (Å²) in [5.41, 5.74) is 1.66. The fourth-order valence-corrected chi connectivity index (χ4v) is 1.97. The Morgan fingerprint density at radius 3 is 2.50 bits per heavy atom. The van der Waals surface area contributed by atoms with Gasteiger partial charge in [0.15, 0.2) is 0 Å². The van der Waals surface area contributed by atoms with Gasteiger partial charge in [-0.2, -0.15) is 0 Å². The molecule has 2 aromatic carbocycles. The van der Waals surface area contributed by atoms with Gasteiger partial charge >= 0.3 is 0 Å². The van der Waals surface area contributed by atoms with Crippen molar-refractivity contribution in [2.45, 2.75) is 26.5 Å². The lowest BCUT2D eigenvalue weighted by Gasteiger charge is -2.11. The maximum absolute atomic E-state index is 13.1. The van der Waals surface area contributed by atoms with Gasteiger partial charge in [-0.15, -0.1) is 0 Å². The molecule has 0 atom stereocenters. The van der Waals surface area contributed by atoms with Crippen LogP contribution in [-0.4, -0.2) is 6.10 Å². The van der Waals surface area contributed by atoms with Crippen LogP contribution in [0.1, 0.15) is 19.4 Å². The zero-order chi connectivity index (χ0) is 14.5. The minimum absolute atomic E-state index is 0.157. The molecule has 0 bridgehead atoms. The number of rotatable bonds is 5. The van der Waals surface area contributed by atoms with Crippen LogP contribution in [0.5, 0.6) is 5.75 Å². The molecular weight excluding hydrogens is 277 g/mol. The Balaban J connectivity index is 1.98.